The molecule has 0 radical (unpaired) electrons. The molecule has 3 N–H and O–H groups in total. The molecule has 1 amide bonds. The van der Waals surface area contributed by atoms with Gasteiger partial charge in [0, 0.05) is 11.8 Å². The van der Waals surface area contributed by atoms with E-state index in [1.165, 1.54) is 6.07 Å². The van der Waals surface area contributed by atoms with Crippen LogP contribution in [0.4, 0.5) is 11.5 Å². The van der Waals surface area contributed by atoms with Crippen molar-refractivity contribution in [2.45, 2.75) is 6.92 Å². The van der Waals surface area contributed by atoms with Crippen LogP contribution >= 0.6 is 11.6 Å². The van der Waals surface area contributed by atoms with E-state index in [-0.39, 0.29) is 5.91 Å². The number of nitrogens with two attached hydrogens (primary N) is 1. The Balaban J connectivity index is 2.20. The van der Waals surface area contributed by atoms with E-state index in [9.17, 15) is 4.79 Å². The molecule has 1 heterocycles. The zero-order valence-electron chi connectivity index (χ0n) is 9.03. The van der Waals surface area contributed by atoms with Crippen molar-refractivity contribution in [2.75, 3.05) is 11.1 Å². The Morgan fingerprint density at radius 3 is 2.82 bits per heavy atom. The highest BCUT2D eigenvalue weighted by Gasteiger charge is 2.12. The SMILES string of the molecule is Cc1cc(NC(=O)c2ccc(N)cc2Cl)no1. The first kappa shape index (κ1) is 11.5. The number of amides is 1. The van der Waals surface area contributed by atoms with E-state index in [2.05, 4.69) is 10.5 Å². The number of halogens is 1. The van der Waals surface area contributed by atoms with Crippen LogP contribution in [0.3, 0.4) is 0 Å². The molecule has 2 rings (SSSR count). The minimum absolute atomic E-state index is 0.294. The first-order valence-corrected chi connectivity index (χ1v) is 5.24. The third-order valence-corrected chi connectivity index (χ3v) is 2.42. The zero-order valence-corrected chi connectivity index (χ0v) is 9.78. The summed E-state index contributed by atoms with van der Waals surface area (Å²) in [5.74, 6) is 0.604. The monoisotopic (exact) mass is 251 g/mol. The molecule has 6 heteroatoms. The van der Waals surface area contributed by atoms with Crippen LogP contribution in [-0.2, 0) is 0 Å². The van der Waals surface area contributed by atoms with E-state index in [1.807, 2.05) is 0 Å². The first-order chi connectivity index (χ1) is 8.06. The summed E-state index contributed by atoms with van der Waals surface area (Å²) in [7, 11) is 0. The number of hydrogen-bond donors (Lipinski definition) is 2. The molecule has 1 aromatic carbocycles. The third-order valence-electron chi connectivity index (χ3n) is 2.11. The lowest BCUT2D eigenvalue weighted by Gasteiger charge is -2.04. The van der Waals surface area contributed by atoms with Crippen LogP contribution in [0.5, 0.6) is 0 Å². The largest absolute Gasteiger partial charge is 0.399 e. The molecule has 88 valence electrons. The summed E-state index contributed by atoms with van der Waals surface area (Å²) in [5, 5.41) is 6.52. The van der Waals surface area contributed by atoms with E-state index in [1.54, 1.807) is 25.1 Å². The summed E-state index contributed by atoms with van der Waals surface area (Å²) < 4.78 is 4.83. The van der Waals surface area contributed by atoms with Crippen LogP contribution in [0.2, 0.25) is 5.02 Å². The van der Waals surface area contributed by atoms with Crippen LogP contribution in [0.25, 0.3) is 0 Å². The fourth-order valence-electron chi connectivity index (χ4n) is 1.32. The molecule has 0 fully saturated rings. The van der Waals surface area contributed by atoms with E-state index in [4.69, 9.17) is 21.9 Å². The Labute approximate surface area is 103 Å². The molecule has 17 heavy (non-hydrogen) atoms. The van der Waals surface area contributed by atoms with Crippen LogP contribution in [0.15, 0.2) is 28.8 Å². The number of aryl methyl sites for hydroxylation is 1. The first-order valence-electron chi connectivity index (χ1n) is 4.86. The van der Waals surface area contributed by atoms with Gasteiger partial charge in [0.05, 0.1) is 10.6 Å². The Hall–Kier alpha value is -2.01. The van der Waals surface area contributed by atoms with Gasteiger partial charge in [-0.25, -0.2) is 0 Å². The Kier molecular flexibility index (Phi) is 3.01. The van der Waals surface area contributed by atoms with Gasteiger partial charge in [-0.3, -0.25) is 4.79 Å². The number of carbonyl (C=O) groups is 1. The summed E-state index contributed by atoms with van der Waals surface area (Å²) in [5.41, 5.74) is 6.38. The highest BCUT2D eigenvalue weighted by Crippen LogP contribution is 2.20. The van der Waals surface area contributed by atoms with Gasteiger partial charge in [-0.1, -0.05) is 16.8 Å². The normalized spacial score (nSPS) is 10.2. The standard InChI is InChI=1S/C11H10ClN3O2/c1-6-4-10(15-17-6)14-11(16)8-3-2-7(13)5-9(8)12/h2-5H,13H2,1H3,(H,14,15,16). The lowest BCUT2D eigenvalue weighted by atomic mass is 10.2. The molecule has 0 saturated heterocycles. The average molecular weight is 252 g/mol. The summed E-state index contributed by atoms with van der Waals surface area (Å²) in [6, 6.07) is 6.29. The van der Waals surface area contributed by atoms with Gasteiger partial charge >= 0.3 is 0 Å². The van der Waals surface area contributed by atoms with Crippen molar-refractivity contribution in [3.05, 3.63) is 40.6 Å². The molecule has 0 unspecified atom stereocenters. The molecule has 0 atom stereocenters. The number of hydrogen-bond acceptors (Lipinski definition) is 4. The lowest BCUT2D eigenvalue weighted by molar-refractivity contribution is 0.102. The second-order valence-electron chi connectivity index (χ2n) is 3.52. The molecule has 5 nitrogen and oxygen atoms in total. The van der Waals surface area contributed by atoms with Gasteiger partial charge in [-0.2, -0.15) is 0 Å². The highest BCUT2D eigenvalue weighted by atomic mass is 35.5. The highest BCUT2D eigenvalue weighted by molar-refractivity contribution is 6.34. The third kappa shape index (κ3) is 2.57. The van der Waals surface area contributed by atoms with Crippen molar-refractivity contribution < 1.29 is 9.32 Å². The number of nitrogens with one attached hydrogen (secondary N) is 1. The van der Waals surface area contributed by atoms with Crippen LogP contribution in [0, 0.1) is 6.92 Å². The second-order valence-corrected chi connectivity index (χ2v) is 3.92. The molecule has 0 saturated carbocycles. The van der Waals surface area contributed by atoms with Gasteiger partial charge in [-0.15, -0.1) is 0 Å². The minimum Gasteiger partial charge on any atom is -0.399 e. The molecule has 0 spiro atoms. The lowest BCUT2D eigenvalue weighted by Crippen LogP contribution is -2.12. The van der Waals surface area contributed by atoms with E-state index >= 15 is 0 Å². The van der Waals surface area contributed by atoms with Gasteiger partial charge in [0.1, 0.15) is 5.76 Å². The molecule has 0 aliphatic carbocycles. The Morgan fingerprint density at radius 1 is 1.47 bits per heavy atom. The molecular weight excluding hydrogens is 242 g/mol. The zero-order chi connectivity index (χ0) is 12.4. The predicted octanol–water partition coefficient (Wildman–Crippen LogP) is 2.47. The van der Waals surface area contributed by atoms with Crippen molar-refractivity contribution in [2.24, 2.45) is 0 Å². The van der Waals surface area contributed by atoms with Crippen LogP contribution in [0.1, 0.15) is 16.1 Å². The number of benzene rings is 1. The van der Waals surface area contributed by atoms with E-state index < -0.39 is 0 Å². The van der Waals surface area contributed by atoms with Crippen molar-refractivity contribution in [3.63, 3.8) is 0 Å². The van der Waals surface area contributed by atoms with Gasteiger partial charge in [0.15, 0.2) is 5.82 Å². The number of carbonyl (C=O) groups excluding carboxylic acids is 1. The van der Waals surface area contributed by atoms with Gasteiger partial charge in [-0.05, 0) is 25.1 Å². The van der Waals surface area contributed by atoms with Crippen molar-refractivity contribution in [1.82, 2.24) is 5.16 Å². The second kappa shape index (κ2) is 4.47. The smallest absolute Gasteiger partial charge is 0.258 e. The van der Waals surface area contributed by atoms with Crippen molar-refractivity contribution in [1.29, 1.82) is 0 Å². The molecule has 0 aliphatic rings. The van der Waals surface area contributed by atoms with Gasteiger partial charge < -0.3 is 15.6 Å². The molecule has 0 bridgehead atoms. The van der Waals surface area contributed by atoms with E-state index in [0.29, 0.717) is 27.9 Å². The van der Waals surface area contributed by atoms with E-state index in [0.717, 1.165) is 0 Å². The van der Waals surface area contributed by atoms with Gasteiger partial charge in [0.2, 0.25) is 0 Å². The number of nitrogens with zero attached hydrogens (tertiary/aromatic N) is 1. The Morgan fingerprint density at radius 2 is 2.24 bits per heavy atom. The Bertz CT molecular complexity index is 566. The fraction of sp³-hybridized carbons (Fsp3) is 0.0909. The summed E-state index contributed by atoms with van der Waals surface area (Å²) in [6.07, 6.45) is 0. The maximum Gasteiger partial charge on any atom is 0.258 e. The summed E-state index contributed by atoms with van der Waals surface area (Å²) in [6.45, 7) is 1.73. The average Bonchev–Trinajstić information content (AvgIpc) is 2.63. The summed E-state index contributed by atoms with van der Waals surface area (Å²) >= 11 is 5.91. The number of rotatable bonds is 2. The minimum atomic E-state index is -0.358. The maximum atomic E-state index is 11.8. The van der Waals surface area contributed by atoms with Crippen LogP contribution < -0.4 is 11.1 Å². The number of aromatic nitrogens is 1. The van der Waals surface area contributed by atoms with Crippen molar-refractivity contribution in [3.8, 4) is 0 Å². The molecule has 0 aliphatic heterocycles. The van der Waals surface area contributed by atoms with Crippen LogP contribution in [-0.4, -0.2) is 11.1 Å². The fourth-order valence-corrected chi connectivity index (χ4v) is 1.60. The molecule has 2 aromatic rings. The molecule has 1 aromatic heterocycles. The predicted molar refractivity (Wildman–Crippen MR) is 65.1 cm³/mol. The van der Waals surface area contributed by atoms with Gasteiger partial charge in [0.25, 0.3) is 5.91 Å². The quantitative estimate of drug-likeness (QED) is 0.804. The summed E-state index contributed by atoms with van der Waals surface area (Å²) in [4.78, 5) is 11.8. The molecular formula is C11H10ClN3O2. The van der Waals surface area contributed by atoms with Crippen molar-refractivity contribution >= 4 is 29.0 Å². The number of nitrogen functional groups attached to an aromatic ring is 1. The maximum absolute atomic E-state index is 11.8. The topological polar surface area (TPSA) is 81.2 Å². The number of anilines is 2.